The van der Waals surface area contributed by atoms with Crippen molar-refractivity contribution in [2.75, 3.05) is 19.6 Å². The average molecular weight is 359 g/mol. The van der Waals surface area contributed by atoms with Gasteiger partial charge in [0.15, 0.2) is 0 Å². The van der Waals surface area contributed by atoms with Crippen molar-refractivity contribution in [1.29, 1.82) is 0 Å². The molecule has 0 spiro atoms. The van der Waals surface area contributed by atoms with E-state index in [0.717, 1.165) is 31.1 Å². The van der Waals surface area contributed by atoms with Crippen LogP contribution in [0, 0.1) is 0 Å². The maximum absolute atomic E-state index is 12.2. The van der Waals surface area contributed by atoms with Crippen LogP contribution in [0.1, 0.15) is 34.8 Å². The minimum absolute atomic E-state index is 0.0308. The number of hydrogen-bond acceptors (Lipinski definition) is 5. The molecule has 2 aromatic rings. The third-order valence-corrected chi connectivity index (χ3v) is 5.06. The van der Waals surface area contributed by atoms with Crippen molar-refractivity contribution in [3.8, 4) is 0 Å². The number of nitrogens with zero attached hydrogens (tertiary/aromatic N) is 2. The van der Waals surface area contributed by atoms with Crippen LogP contribution in [0.4, 0.5) is 0 Å². The summed E-state index contributed by atoms with van der Waals surface area (Å²) in [7, 11) is 0. The van der Waals surface area contributed by atoms with E-state index in [1.165, 1.54) is 5.56 Å². The molecule has 0 bridgehead atoms. The van der Waals surface area contributed by atoms with E-state index < -0.39 is 0 Å². The molecule has 2 unspecified atom stereocenters. The number of carbonyl (C=O) groups excluding carboxylic acids is 1. The van der Waals surface area contributed by atoms with E-state index in [2.05, 4.69) is 29.0 Å². The van der Waals surface area contributed by atoms with Crippen molar-refractivity contribution in [2.45, 2.75) is 39.0 Å². The van der Waals surface area contributed by atoms with E-state index in [9.17, 15) is 4.79 Å². The Balaban J connectivity index is 1.48. The first kappa shape index (κ1) is 18.0. The number of aromatic nitrogens is 1. The average Bonchev–Trinajstić information content (AvgIpc) is 3.08. The molecule has 0 aliphatic carbocycles. The van der Waals surface area contributed by atoms with E-state index in [0.29, 0.717) is 12.1 Å². The highest BCUT2D eigenvalue weighted by molar-refractivity contribution is 7.09. The van der Waals surface area contributed by atoms with Crippen LogP contribution >= 0.6 is 11.3 Å². The van der Waals surface area contributed by atoms with Crippen molar-refractivity contribution in [3.05, 3.63) is 52.0 Å². The van der Waals surface area contributed by atoms with Gasteiger partial charge in [0.2, 0.25) is 0 Å². The van der Waals surface area contributed by atoms with Gasteiger partial charge in [-0.1, -0.05) is 12.1 Å². The Hall–Kier alpha value is -1.76. The van der Waals surface area contributed by atoms with Gasteiger partial charge in [0.05, 0.1) is 17.2 Å². The van der Waals surface area contributed by atoms with Crippen molar-refractivity contribution in [2.24, 2.45) is 0 Å². The number of amides is 1. The summed E-state index contributed by atoms with van der Waals surface area (Å²) in [5.41, 5.74) is 1.92. The molecule has 1 fully saturated rings. The number of carbonyl (C=O) groups is 1. The molecule has 1 N–H and O–H groups in total. The number of morpholine rings is 1. The van der Waals surface area contributed by atoms with Crippen molar-refractivity contribution in [3.63, 3.8) is 0 Å². The zero-order chi connectivity index (χ0) is 17.6. The molecule has 2 atom stereocenters. The Morgan fingerprint density at radius 1 is 1.28 bits per heavy atom. The van der Waals surface area contributed by atoms with E-state index in [1.54, 1.807) is 17.5 Å². The minimum atomic E-state index is -0.0308. The quantitative estimate of drug-likeness (QED) is 0.862. The van der Waals surface area contributed by atoms with Gasteiger partial charge in [-0.25, -0.2) is 4.98 Å². The standard InChI is InChI=1S/C19H25N3O2S/c1-14-11-22(12-15(2)24-14)13-16-3-5-17(6-4-16)19(23)21-8-7-18-20-9-10-25-18/h3-6,9-10,14-15H,7-8,11-13H2,1-2H3,(H,21,23). The Morgan fingerprint density at radius 2 is 2.00 bits per heavy atom. The molecule has 25 heavy (non-hydrogen) atoms. The van der Waals surface area contributed by atoms with Gasteiger partial charge >= 0.3 is 0 Å². The maximum Gasteiger partial charge on any atom is 0.251 e. The maximum atomic E-state index is 12.2. The van der Waals surface area contributed by atoms with Gasteiger partial charge in [-0.2, -0.15) is 0 Å². The zero-order valence-corrected chi connectivity index (χ0v) is 15.6. The normalized spacial score (nSPS) is 21.2. The summed E-state index contributed by atoms with van der Waals surface area (Å²) in [6, 6.07) is 7.89. The Kier molecular flexibility index (Phi) is 6.18. The minimum Gasteiger partial charge on any atom is -0.373 e. The molecule has 6 heteroatoms. The highest BCUT2D eigenvalue weighted by atomic mass is 32.1. The van der Waals surface area contributed by atoms with Gasteiger partial charge in [-0.05, 0) is 31.5 Å². The lowest BCUT2D eigenvalue weighted by molar-refractivity contribution is -0.0704. The molecule has 1 aliphatic rings. The second-order valence-electron chi connectivity index (χ2n) is 6.58. The Bertz CT molecular complexity index is 662. The molecular weight excluding hydrogens is 334 g/mol. The molecule has 1 amide bonds. The second-order valence-corrected chi connectivity index (χ2v) is 7.56. The molecule has 1 aromatic carbocycles. The van der Waals surface area contributed by atoms with Crippen LogP contribution in [-0.2, 0) is 17.7 Å². The van der Waals surface area contributed by atoms with Gasteiger partial charge in [-0.15, -0.1) is 11.3 Å². The summed E-state index contributed by atoms with van der Waals surface area (Å²) in [6.07, 6.45) is 3.10. The van der Waals surface area contributed by atoms with Gasteiger partial charge < -0.3 is 10.1 Å². The summed E-state index contributed by atoms with van der Waals surface area (Å²) in [5, 5.41) is 5.95. The van der Waals surface area contributed by atoms with Gasteiger partial charge in [0.1, 0.15) is 0 Å². The lowest BCUT2D eigenvalue weighted by atomic mass is 10.1. The highest BCUT2D eigenvalue weighted by Crippen LogP contribution is 2.15. The molecule has 5 nitrogen and oxygen atoms in total. The fraction of sp³-hybridized carbons (Fsp3) is 0.474. The number of rotatable bonds is 6. The summed E-state index contributed by atoms with van der Waals surface area (Å²) in [4.78, 5) is 18.8. The van der Waals surface area contributed by atoms with Crippen LogP contribution in [0.3, 0.4) is 0 Å². The van der Waals surface area contributed by atoms with Crippen LogP contribution in [0.25, 0.3) is 0 Å². The van der Waals surface area contributed by atoms with Crippen LogP contribution in [0.5, 0.6) is 0 Å². The number of hydrogen-bond donors (Lipinski definition) is 1. The monoisotopic (exact) mass is 359 g/mol. The molecule has 3 rings (SSSR count). The fourth-order valence-corrected chi connectivity index (χ4v) is 3.82. The van der Waals surface area contributed by atoms with Gasteiger partial charge in [0, 0.05) is 49.7 Å². The number of thiazole rings is 1. The smallest absolute Gasteiger partial charge is 0.251 e. The Morgan fingerprint density at radius 3 is 2.64 bits per heavy atom. The zero-order valence-electron chi connectivity index (χ0n) is 14.8. The number of nitrogens with one attached hydrogen (secondary N) is 1. The molecule has 1 saturated heterocycles. The Labute approximate surface area is 153 Å². The fourth-order valence-electron chi connectivity index (χ4n) is 3.19. The summed E-state index contributed by atoms with van der Waals surface area (Å²) in [6.45, 7) is 7.62. The highest BCUT2D eigenvalue weighted by Gasteiger charge is 2.22. The first-order chi connectivity index (χ1) is 12.1. The third-order valence-electron chi connectivity index (χ3n) is 4.23. The van der Waals surface area contributed by atoms with Crippen molar-refractivity contribution in [1.82, 2.24) is 15.2 Å². The van der Waals surface area contributed by atoms with Crippen LogP contribution in [0.2, 0.25) is 0 Å². The predicted molar refractivity (Wildman–Crippen MR) is 99.9 cm³/mol. The molecule has 134 valence electrons. The van der Waals surface area contributed by atoms with E-state index in [-0.39, 0.29) is 18.1 Å². The number of benzene rings is 1. The topological polar surface area (TPSA) is 54.5 Å². The van der Waals surface area contributed by atoms with Crippen molar-refractivity contribution < 1.29 is 9.53 Å². The first-order valence-corrected chi connectivity index (χ1v) is 9.61. The number of ether oxygens (including phenoxy) is 1. The third kappa shape index (κ3) is 5.36. The lowest BCUT2D eigenvalue weighted by Crippen LogP contribution is -2.44. The molecule has 2 heterocycles. The molecular formula is C19H25N3O2S. The van der Waals surface area contributed by atoms with Crippen molar-refractivity contribution >= 4 is 17.2 Å². The SMILES string of the molecule is CC1CN(Cc2ccc(C(=O)NCCc3nccs3)cc2)CC(C)O1. The summed E-state index contributed by atoms with van der Waals surface area (Å²) < 4.78 is 5.77. The predicted octanol–water partition coefficient (Wildman–Crippen LogP) is 2.72. The lowest BCUT2D eigenvalue weighted by Gasteiger charge is -2.35. The summed E-state index contributed by atoms with van der Waals surface area (Å²) in [5.74, 6) is -0.0308. The van der Waals surface area contributed by atoms with E-state index >= 15 is 0 Å². The van der Waals surface area contributed by atoms with Crippen LogP contribution in [-0.4, -0.2) is 47.6 Å². The van der Waals surface area contributed by atoms with E-state index in [1.807, 2.05) is 29.6 Å². The molecule has 1 aliphatic heterocycles. The largest absolute Gasteiger partial charge is 0.373 e. The van der Waals surface area contributed by atoms with Gasteiger partial charge in [-0.3, -0.25) is 9.69 Å². The first-order valence-electron chi connectivity index (χ1n) is 8.73. The molecule has 0 radical (unpaired) electrons. The second kappa shape index (κ2) is 8.56. The molecule has 1 aromatic heterocycles. The van der Waals surface area contributed by atoms with E-state index in [4.69, 9.17) is 4.74 Å². The van der Waals surface area contributed by atoms with Crippen LogP contribution in [0.15, 0.2) is 35.8 Å². The summed E-state index contributed by atoms with van der Waals surface area (Å²) >= 11 is 1.61. The van der Waals surface area contributed by atoms with Gasteiger partial charge in [0.25, 0.3) is 5.91 Å². The van der Waals surface area contributed by atoms with Crippen LogP contribution < -0.4 is 5.32 Å². The molecule has 0 saturated carbocycles.